The second-order valence-corrected chi connectivity index (χ2v) is 5.87. The van der Waals surface area contributed by atoms with E-state index >= 15 is 0 Å². The zero-order chi connectivity index (χ0) is 18.4. The third-order valence-electron chi connectivity index (χ3n) is 3.12. The molecule has 6 heteroatoms. The predicted octanol–water partition coefficient (Wildman–Crippen LogP) is 5.14. The molecule has 0 unspecified atom stereocenters. The lowest BCUT2D eigenvalue weighted by atomic mass is 10.1. The first-order valence-corrected chi connectivity index (χ1v) is 7.88. The van der Waals surface area contributed by atoms with Gasteiger partial charge in [-0.1, -0.05) is 47.5 Å². The van der Waals surface area contributed by atoms with E-state index in [0.29, 0.717) is 11.1 Å². The van der Waals surface area contributed by atoms with Gasteiger partial charge in [0.25, 0.3) is 0 Å². The maximum Gasteiger partial charge on any atom is 0.182 e. The Bertz CT molecular complexity index is 883. The van der Waals surface area contributed by atoms with Crippen molar-refractivity contribution < 1.29 is 20.1 Å². The number of aliphatic hydroxyl groups excluding tert-OH is 1. The number of ketones is 1. The number of carbonyl (C=O) groups is 1. The van der Waals surface area contributed by atoms with Gasteiger partial charge in [-0.25, -0.2) is 0 Å². The molecule has 128 valence electrons. The van der Waals surface area contributed by atoms with Crippen molar-refractivity contribution in [1.82, 2.24) is 0 Å². The van der Waals surface area contributed by atoms with Crippen molar-refractivity contribution in [2.75, 3.05) is 0 Å². The lowest BCUT2D eigenvalue weighted by Gasteiger charge is -1.98. The molecule has 4 nitrogen and oxygen atoms in total. The van der Waals surface area contributed by atoms with Crippen LogP contribution in [0.4, 0.5) is 0 Å². The molecule has 0 bridgehead atoms. The third kappa shape index (κ3) is 5.71. The van der Waals surface area contributed by atoms with Gasteiger partial charge in [0.2, 0.25) is 0 Å². The van der Waals surface area contributed by atoms with Gasteiger partial charge in [-0.3, -0.25) is 4.79 Å². The molecule has 0 fully saturated rings. The van der Waals surface area contributed by atoms with Crippen LogP contribution >= 0.6 is 23.2 Å². The Labute approximate surface area is 154 Å². The Kier molecular flexibility index (Phi) is 6.28. The Morgan fingerprint density at radius 1 is 0.840 bits per heavy atom. The van der Waals surface area contributed by atoms with Crippen LogP contribution in [-0.4, -0.2) is 21.1 Å². The molecule has 0 aliphatic heterocycles. The monoisotopic (exact) mass is 376 g/mol. The summed E-state index contributed by atoms with van der Waals surface area (Å²) in [6, 6.07) is 9.10. The molecule has 0 atom stereocenters. The average molecular weight is 377 g/mol. The Morgan fingerprint density at radius 3 is 1.80 bits per heavy atom. The zero-order valence-electron chi connectivity index (χ0n) is 12.9. The summed E-state index contributed by atoms with van der Waals surface area (Å²) in [5, 5.41) is 28.8. The topological polar surface area (TPSA) is 77.8 Å². The normalized spacial score (nSPS) is 12.2. The summed E-state index contributed by atoms with van der Waals surface area (Å²) in [5.41, 5.74) is 1.29. The minimum Gasteiger partial charge on any atom is -0.508 e. The summed E-state index contributed by atoms with van der Waals surface area (Å²) in [4.78, 5) is 11.8. The highest BCUT2D eigenvalue weighted by Gasteiger charge is 2.00. The number of rotatable bonds is 5. The molecular formula is C19H14Cl2O4. The highest BCUT2D eigenvalue weighted by atomic mass is 35.5. The fourth-order valence-corrected chi connectivity index (χ4v) is 2.23. The molecule has 25 heavy (non-hydrogen) atoms. The summed E-state index contributed by atoms with van der Waals surface area (Å²) in [5.74, 6) is -0.729. The number of hydrogen-bond donors (Lipinski definition) is 3. The third-order valence-corrected chi connectivity index (χ3v) is 3.73. The first-order valence-electron chi connectivity index (χ1n) is 7.13. The van der Waals surface area contributed by atoms with Crippen molar-refractivity contribution in [3.05, 3.63) is 81.6 Å². The average Bonchev–Trinajstić information content (AvgIpc) is 2.57. The summed E-state index contributed by atoms with van der Waals surface area (Å²) in [7, 11) is 0. The van der Waals surface area contributed by atoms with Crippen LogP contribution in [0.25, 0.3) is 12.2 Å². The second kappa shape index (κ2) is 8.42. The fraction of sp³-hybridized carbons (Fsp3) is 0. The Hall–Kier alpha value is -2.69. The SMILES string of the molecule is O=C(C=C(O)/C=C/c1ccc(O)c(Cl)c1)/C=C/c1ccc(O)c(Cl)c1. The number of phenolic OH excluding ortho intramolecular Hbond substituents is 2. The number of halogens is 2. The highest BCUT2D eigenvalue weighted by molar-refractivity contribution is 6.32. The van der Waals surface area contributed by atoms with Crippen molar-refractivity contribution in [2.24, 2.45) is 0 Å². The molecule has 3 N–H and O–H groups in total. The number of phenols is 2. The van der Waals surface area contributed by atoms with Crippen LogP contribution in [0.5, 0.6) is 11.5 Å². The van der Waals surface area contributed by atoms with E-state index in [1.807, 2.05) is 0 Å². The maximum atomic E-state index is 11.8. The summed E-state index contributed by atoms with van der Waals surface area (Å²) >= 11 is 11.6. The van der Waals surface area contributed by atoms with Gasteiger partial charge in [0, 0.05) is 6.08 Å². The number of benzene rings is 2. The molecule has 2 rings (SSSR count). The minimum atomic E-state index is -0.421. The molecule has 0 spiro atoms. The van der Waals surface area contributed by atoms with E-state index in [9.17, 15) is 20.1 Å². The number of hydrogen-bond acceptors (Lipinski definition) is 4. The quantitative estimate of drug-likeness (QED) is 0.383. The van der Waals surface area contributed by atoms with E-state index in [2.05, 4.69) is 0 Å². The molecule has 0 aromatic heterocycles. The van der Waals surface area contributed by atoms with Crippen LogP contribution in [0.3, 0.4) is 0 Å². The van der Waals surface area contributed by atoms with E-state index in [0.717, 1.165) is 6.08 Å². The van der Waals surface area contributed by atoms with Crippen LogP contribution in [0.2, 0.25) is 10.0 Å². The highest BCUT2D eigenvalue weighted by Crippen LogP contribution is 2.25. The number of allylic oxidation sites excluding steroid dienone is 3. The van der Waals surface area contributed by atoms with E-state index < -0.39 is 5.78 Å². The van der Waals surface area contributed by atoms with Crippen molar-refractivity contribution in [1.29, 1.82) is 0 Å². The van der Waals surface area contributed by atoms with Crippen LogP contribution in [0.15, 0.2) is 60.4 Å². The van der Waals surface area contributed by atoms with Crippen molar-refractivity contribution in [3.63, 3.8) is 0 Å². The Balaban J connectivity index is 2.03. The van der Waals surface area contributed by atoms with E-state index in [1.165, 1.54) is 42.5 Å². The number of carbonyl (C=O) groups excluding carboxylic acids is 1. The molecule has 0 aliphatic carbocycles. The zero-order valence-corrected chi connectivity index (χ0v) is 14.4. The van der Waals surface area contributed by atoms with E-state index in [1.54, 1.807) is 18.2 Å². The van der Waals surface area contributed by atoms with Crippen LogP contribution < -0.4 is 0 Å². The van der Waals surface area contributed by atoms with E-state index in [4.69, 9.17) is 23.2 Å². The smallest absolute Gasteiger partial charge is 0.182 e. The van der Waals surface area contributed by atoms with Crippen LogP contribution in [0, 0.1) is 0 Å². The second-order valence-electron chi connectivity index (χ2n) is 5.06. The maximum absolute atomic E-state index is 11.8. The molecule has 0 saturated heterocycles. The molecule has 0 heterocycles. The minimum absolute atomic E-state index is 0.0340. The van der Waals surface area contributed by atoms with Crippen LogP contribution in [0.1, 0.15) is 11.1 Å². The van der Waals surface area contributed by atoms with Crippen molar-refractivity contribution in [2.45, 2.75) is 0 Å². The summed E-state index contributed by atoms with van der Waals surface area (Å²) in [6.07, 6.45) is 6.72. The van der Waals surface area contributed by atoms with Gasteiger partial charge in [-0.05, 0) is 47.5 Å². The standard InChI is InChI=1S/C19H14Cl2O4/c20-16-9-12(3-7-18(16)24)1-5-14(22)11-15(23)6-2-13-4-8-19(25)17(21)10-13/h1-11,22,24-25H/b5-1+,6-2+,14-11?. The van der Waals surface area contributed by atoms with Gasteiger partial charge in [-0.15, -0.1) is 0 Å². The lowest BCUT2D eigenvalue weighted by molar-refractivity contribution is -0.110. The molecule has 2 aromatic carbocycles. The van der Waals surface area contributed by atoms with Gasteiger partial charge in [0.05, 0.1) is 10.0 Å². The molecule has 0 saturated carbocycles. The first-order chi connectivity index (χ1) is 11.8. The van der Waals surface area contributed by atoms with Gasteiger partial charge in [0.15, 0.2) is 5.78 Å². The molecule has 0 radical (unpaired) electrons. The van der Waals surface area contributed by atoms with Crippen LogP contribution in [-0.2, 0) is 4.79 Å². The molecule has 0 amide bonds. The fourth-order valence-electron chi connectivity index (χ4n) is 1.86. The van der Waals surface area contributed by atoms with Gasteiger partial charge < -0.3 is 15.3 Å². The van der Waals surface area contributed by atoms with E-state index in [-0.39, 0.29) is 27.3 Å². The predicted molar refractivity (Wildman–Crippen MR) is 100 cm³/mol. The lowest BCUT2D eigenvalue weighted by Crippen LogP contribution is -1.88. The molecular weight excluding hydrogens is 363 g/mol. The van der Waals surface area contributed by atoms with Crippen molar-refractivity contribution in [3.8, 4) is 11.5 Å². The number of aliphatic hydroxyl groups is 1. The Morgan fingerprint density at radius 2 is 1.32 bits per heavy atom. The summed E-state index contributed by atoms with van der Waals surface area (Å²) < 4.78 is 0. The molecule has 0 aliphatic rings. The van der Waals surface area contributed by atoms with Gasteiger partial charge >= 0.3 is 0 Å². The van der Waals surface area contributed by atoms with Crippen molar-refractivity contribution >= 4 is 41.1 Å². The largest absolute Gasteiger partial charge is 0.508 e. The van der Waals surface area contributed by atoms with Gasteiger partial charge in [0.1, 0.15) is 17.3 Å². The first kappa shape index (κ1) is 18.6. The molecule has 2 aromatic rings. The summed E-state index contributed by atoms with van der Waals surface area (Å²) in [6.45, 7) is 0. The number of aromatic hydroxyl groups is 2. The van der Waals surface area contributed by atoms with Gasteiger partial charge in [-0.2, -0.15) is 0 Å².